The maximum atomic E-state index is 11.3. The number of halogens is 1. The molecule has 0 saturated heterocycles. The number of nitrogens with one attached hydrogen (secondary N) is 1. The lowest BCUT2D eigenvalue weighted by Crippen LogP contribution is -2.18. The first-order valence-electron chi connectivity index (χ1n) is 5.94. The van der Waals surface area contributed by atoms with E-state index in [0.717, 1.165) is 17.7 Å². The first-order valence-corrected chi connectivity index (χ1v) is 6.32. The molecule has 0 radical (unpaired) electrons. The van der Waals surface area contributed by atoms with Crippen molar-refractivity contribution in [1.82, 2.24) is 4.98 Å². The molecule has 1 N–H and O–H groups in total. The van der Waals surface area contributed by atoms with Gasteiger partial charge in [-0.05, 0) is 36.2 Å². The summed E-state index contributed by atoms with van der Waals surface area (Å²) >= 11 is 5.80. The molecule has 0 atom stereocenters. The van der Waals surface area contributed by atoms with Gasteiger partial charge >= 0.3 is 0 Å². The van der Waals surface area contributed by atoms with Gasteiger partial charge in [0, 0.05) is 18.2 Å². The van der Waals surface area contributed by atoms with E-state index in [1.807, 2.05) is 12.1 Å². The number of benzene rings is 1. The molecule has 2 heterocycles. The predicted octanol–water partition coefficient (Wildman–Crippen LogP) is 3.41. The third-order valence-electron chi connectivity index (χ3n) is 2.88. The number of pyridine rings is 1. The van der Waals surface area contributed by atoms with Crippen molar-refractivity contribution >= 4 is 23.2 Å². The van der Waals surface area contributed by atoms with Crippen LogP contribution < -0.4 is 10.1 Å². The molecule has 2 aromatic rings. The maximum absolute atomic E-state index is 11.3. The van der Waals surface area contributed by atoms with E-state index < -0.39 is 0 Å². The van der Waals surface area contributed by atoms with Crippen LogP contribution in [-0.4, -0.2) is 10.9 Å². The molecule has 1 aliphatic rings. The van der Waals surface area contributed by atoms with Crippen molar-refractivity contribution in [2.75, 3.05) is 5.32 Å². The van der Waals surface area contributed by atoms with Crippen LogP contribution in [-0.2, 0) is 11.2 Å². The predicted molar refractivity (Wildman–Crippen MR) is 72.7 cm³/mol. The lowest BCUT2D eigenvalue weighted by molar-refractivity contribution is -0.116. The maximum Gasteiger partial charge on any atom is 0.224 e. The van der Waals surface area contributed by atoms with Gasteiger partial charge in [0.05, 0.1) is 0 Å². The van der Waals surface area contributed by atoms with Crippen molar-refractivity contribution in [2.24, 2.45) is 0 Å². The van der Waals surface area contributed by atoms with Gasteiger partial charge in [0.2, 0.25) is 11.8 Å². The quantitative estimate of drug-likeness (QED) is 0.854. The van der Waals surface area contributed by atoms with Gasteiger partial charge in [-0.2, -0.15) is 0 Å². The van der Waals surface area contributed by atoms with E-state index in [-0.39, 0.29) is 5.91 Å². The lowest BCUT2D eigenvalue weighted by Gasteiger charge is -2.17. The Kier molecular flexibility index (Phi) is 3.09. The molecule has 96 valence electrons. The highest BCUT2D eigenvalue weighted by Crippen LogP contribution is 2.29. The first-order chi connectivity index (χ1) is 9.20. The fourth-order valence-electron chi connectivity index (χ4n) is 1.99. The standard InChI is InChI=1S/C14H11ClN2O2/c15-12-2-1-3-14(17-12)19-10-5-6-11-9(8-10)4-7-13(18)16-11/h1-3,5-6,8H,4,7H2,(H,16,18). The number of hydrogen-bond donors (Lipinski definition) is 1. The van der Waals surface area contributed by atoms with Gasteiger partial charge in [0.1, 0.15) is 10.9 Å². The minimum Gasteiger partial charge on any atom is -0.439 e. The van der Waals surface area contributed by atoms with Gasteiger partial charge in [0.25, 0.3) is 0 Å². The molecule has 5 heteroatoms. The van der Waals surface area contributed by atoms with Gasteiger partial charge in [-0.25, -0.2) is 4.98 Å². The number of anilines is 1. The molecular weight excluding hydrogens is 264 g/mol. The number of carbonyl (C=O) groups excluding carboxylic acids is 1. The third kappa shape index (κ3) is 2.69. The number of fused-ring (bicyclic) bond motifs is 1. The number of ether oxygens (including phenoxy) is 1. The summed E-state index contributed by atoms with van der Waals surface area (Å²) in [5.74, 6) is 1.19. The van der Waals surface area contributed by atoms with Crippen molar-refractivity contribution < 1.29 is 9.53 Å². The Morgan fingerprint density at radius 1 is 1.21 bits per heavy atom. The summed E-state index contributed by atoms with van der Waals surface area (Å²) in [6.45, 7) is 0. The Labute approximate surface area is 115 Å². The zero-order valence-corrected chi connectivity index (χ0v) is 10.8. The number of amides is 1. The zero-order chi connectivity index (χ0) is 13.2. The van der Waals surface area contributed by atoms with Gasteiger partial charge in [-0.3, -0.25) is 4.79 Å². The van der Waals surface area contributed by atoms with E-state index in [2.05, 4.69) is 10.3 Å². The van der Waals surface area contributed by atoms with E-state index in [0.29, 0.717) is 23.2 Å². The fourth-order valence-corrected chi connectivity index (χ4v) is 2.15. The first kappa shape index (κ1) is 12.0. The minimum absolute atomic E-state index is 0.0534. The number of carbonyl (C=O) groups is 1. The summed E-state index contributed by atoms with van der Waals surface area (Å²) in [4.78, 5) is 15.3. The van der Waals surface area contributed by atoms with Crippen LogP contribution in [0.4, 0.5) is 5.69 Å². The SMILES string of the molecule is O=C1CCc2cc(Oc3cccc(Cl)n3)ccc2N1. The summed E-state index contributed by atoms with van der Waals surface area (Å²) in [7, 11) is 0. The highest BCUT2D eigenvalue weighted by molar-refractivity contribution is 6.29. The largest absolute Gasteiger partial charge is 0.439 e. The van der Waals surface area contributed by atoms with Crippen LogP contribution in [0.25, 0.3) is 0 Å². The zero-order valence-electron chi connectivity index (χ0n) is 10.0. The van der Waals surface area contributed by atoms with Gasteiger partial charge < -0.3 is 10.1 Å². The second-order valence-electron chi connectivity index (χ2n) is 4.27. The Morgan fingerprint density at radius 3 is 2.95 bits per heavy atom. The van der Waals surface area contributed by atoms with Crippen molar-refractivity contribution in [3.63, 3.8) is 0 Å². The molecule has 1 aliphatic heterocycles. The van der Waals surface area contributed by atoms with Gasteiger partial charge in [-0.15, -0.1) is 0 Å². The van der Waals surface area contributed by atoms with Crippen LogP contribution in [0.2, 0.25) is 5.15 Å². The van der Waals surface area contributed by atoms with Crippen LogP contribution in [0.15, 0.2) is 36.4 Å². The summed E-state index contributed by atoms with van der Waals surface area (Å²) in [6, 6.07) is 10.8. The summed E-state index contributed by atoms with van der Waals surface area (Å²) in [6.07, 6.45) is 1.23. The van der Waals surface area contributed by atoms with E-state index >= 15 is 0 Å². The van der Waals surface area contributed by atoms with Crippen molar-refractivity contribution in [2.45, 2.75) is 12.8 Å². The monoisotopic (exact) mass is 274 g/mol. The van der Waals surface area contributed by atoms with Crippen LogP contribution >= 0.6 is 11.6 Å². The Hall–Kier alpha value is -2.07. The molecule has 0 saturated carbocycles. The van der Waals surface area contributed by atoms with E-state index in [9.17, 15) is 4.79 Å². The average molecular weight is 275 g/mol. The molecule has 0 bridgehead atoms. The third-order valence-corrected chi connectivity index (χ3v) is 3.09. The van der Waals surface area contributed by atoms with Gasteiger partial charge in [-0.1, -0.05) is 17.7 Å². The normalized spacial score (nSPS) is 13.6. The van der Waals surface area contributed by atoms with Crippen LogP contribution in [0.1, 0.15) is 12.0 Å². The topological polar surface area (TPSA) is 51.2 Å². The van der Waals surface area contributed by atoms with E-state index in [4.69, 9.17) is 16.3 Å². The lowest BCUT2D eigenvalue weighted by atomic mass is 10.0. The summed E-state index contributed by atoms with van der Waals surface area (Å²) in [5, 5.41) is 3.22. The average Bonchev–Trinajstić information content (AvgIpc) is 2.39. The number of hydrogen-bond acceptors (Lipinski definition) is 3. The molecule has 0 unspecified atom stereocenters. The van der Waals surface area contributed by atoms with Crippen molar-refractivity contribution in [3.8, 4) is 11.6 Å². The minimum atomic E-state index is 0.0534. The van der Waals surface area contributed by atoms with E-state index in [1.54, 1.807) is 24.3 Å². The van der Waals surface area contributed by atoms with Crippen molar-refractivity contribution in [1.29, 1.82) is 0 Å². The Bertz CT molecular complexity index is 643. The number of nitrogens with zero attached hydrogens (tertiary/aromatic N) is 1. The second-order valence-corrected chi connectivity index (χ2v) is 4.65. The smallest absolute Gasteiger partial charge is 0.224 e. The molecule has 1 amide bonds. The highest BCUT2D eigenvalue weighted by atomic mass is 35.5. The van der Waals surface area contributed by atoms with Crippen molar-refractivity contribution in [3.05, 3.63) is 47.1 Å². The molecule has 3 rings (SSSR count). The number of rotatable bonds is 2. The molecular formula is C14H11ClN2O2. The highest BCUT2D eigenvalue weighted by Gasteiger charge is 2.15. The van der Waals surface area contributed by atoms with Gasteiger partial charge in [0.15, 0.2) is 0 Å². The van der Waals surface area contributed by atoms with Crippen LogP contribution in [0, 0.1) is 0 Å². The van der Waals surface area contributed by atoms with Crippen LogP contribution in [0.5, 0.6) is 11.6 Å². The molecule has 0 spiro atoms. The molecule has 0 aliphatic carbocycles. The molecule has 0 fully saturated rings. The Balaban J connectivity index is 1.85. The molecule has 4 nitrogen and oxygen atoms in total. The second kappa shape index (κ2) is 4.90. The summed E-state index contributed by atoms with van der Waals surface area (Å²) < 4.78 is 5.64. The molecule has 1 aromatic carbocycles. The van der Waals surface area contributed by atoms with E-state index in [1.165, 1.54) is 0 Å². The molecule has 19 heavy (non-hydrogen) atoms. The number of aryl methyl sites for hydroxylation is 1. The van der Waals surface area contributed by atoms with Crippen LogP contribution in [0.3, 0.4) is 0 Å². The Morgan fingerprint density at radius 2 is 2.11 bits per heavy atom. The fraction of sp³-hybridized carbons (Fsp3) is 0.143. The summed E-state index contributed by atoms with van der Waals surface area (Å²) in [5.41, 5.74) is 1.92. The number of aromatic nitrogens is 1. The molecule has 1 aromatic heterocycles.